The SMILES string of the molecule is COc1cccc(-c2nc3cc(C)ccn3c2CCCN)c1. The maximum Gasteiger partial charge on any atom is 0.137 e. The number of rotatable bonds is 5. The molecule has 0 bridgehead atoms. The molecular formula is C18H21N3O. The van der Waals surface area contributed by atoms with Crippen molar-refractivity contribution in [3.63, 3.8) is 0 Å². The normalized spacial score (nSPS) is 11.0. The summed E-state index contributed by atoms with van der Waals surface area (Å²) in [5.41, 5.74) is 11.2. The van der Waals surface area contributed by atoms with Gasteiger partial charge in [0.05, 0.1) is 18.5 Å². The highest BCUT2D eigenvalue weighted by Crippen LogP contribution is 2.28. The van der Waals surface area contributed by atoms with Gasteiger partial charge in [-0.2, -0.15) is 0 Å². The van der Waals surface area contributed by atoms with Crippen molar-refractivity contribution in [3.05, 3.63) is 53.9 Å². The van der Waals surface area contributed by atoms with Gasteiger partial charge in [-0.3, -0.25) is 0 Å². The summed E-state index contributed by atoms with van der Waals surface area (Å²) >= 11 is 0. The Bertz CT molecular complexity index is 792. The number of nitrogens with two attached hydrogens (primary N) is 1. The van der Waals surface area contributed by atoms with E-state index in [4.69, 9.17) is 15.5 Å². The first-order valence-electron chi connectivity index (χ1n) is 7.55. The van der Waals surface area contributed by atoms with Crippen molar-refractivity contribution in [2.24, 2.45) is 5.73 Å². The summed E-state index contributed by atoms with van der Waals surface area (Å²) in [5, 5.41) is 0. The Kier molecular flexibility index (Phi) is 4.11. The van der Waals surface area contributed by atoms with E-state index in [0.29, 0.717) is 6.54 Å². The number of nitrogens with zero attached hydrogens (tertiary/aromatic N) is 2. The zero-order chi connectivity index (χ0) is 15.5. The largest absolute Gasteiger partial charge is 0.497 e. The molecule has 0 saturated carbocycles. The van der Waals surface area contributed by atoms with E-state index in [2.05, 4.69) is 35.7 Å². The minimum absolute atomic E-state index is 0.677. The molecule has 1 aromatic carbocycles. The maximum atomic E-state index is 5.70. The second-order valence-electron chi connectivity index (χ2n) is 5.46. The third-order valence-electron chi connectivity index (χ3n) is 3.84. The Morgan fingerprint density at radius 3 is 2.86 bits per heavy atom. The topological polar surface area (TPSA) is 52.5 Å². The van der Waals surface area contributed by atoms with Crippen LogP contribution in [0.4, 0.5) is 0 Å². The first kappa shape index (κ1) is 14.6. The predicted molar refractivity (Wildman–Crippen MR) is 89.3 cm³/mol. The molecule has 4 nitrogen and oxygen atoms in total. The molecule has 2 heterocycles. The fraction of sp³-hybridized carbons (Fsp3) is 0.278. The van der Waals surface area contributed by atoms with Gasteiger partial charge in [0.15, 0.2) is 0 Å². The molecule has 4 heteroatoms. The molecule has 0 unspecified atom stereocenters. The average Bonchev–Trinajstić information content (AvgIpc) is 2.90. The lowest BCUT2D eigenvalue weighted by Crippen LogP contribution is -2.03. The Morgan fingerprint density at radius 1 is 1.23 bits per heavy atom. The molecule has 3 aromatic rings. The van der Waals surface area contributed by atoms with E-state index in [1.54, 1.807) is 7.11 Å². The number of aryl methyl sites for hydroxylation is 2. The number of methoxy groups -OCH3 is 1. The number of ether oxygens (including phenoxy) is 1. The van der Waals surface area contributed by atoms with Crippen LogP contribution in [0.15, 0.2) is 42.6 Å². The number of benzene rings is 1. The van der Waals surface area contributed by atoms with E-state index in [9.17, 15) is 0 Å². The van der Waals surface area contributed by atoms with E-state index in [0.717, 1.165) is 35.5 Å². The molecule has 0 aliphatic carbocycles. The summed E-state index contributed by atoms with van der Waals surface area (Å²) in [6, 6.07) is 12.3. The Morgan fingerprint density at radius 2 is 2.09 bits per heavy atom. The van der Waals surface area contributed by atoms with Gasteiger partial charge in [-0.1, -0.05) is 12.1 Å². The van der Waals surface area contributed by atoms with Gasteiger partial charge in [0.1, 0.15) is 11.4 Å². The third kappa shape index (κ3) is 2.70. The van der Waals surface area contributed by atoms with Crippen LogP contribution < -0.4 is 10.5 Å². The number of aromatic nitrogens is 2. The summed E-state index contributed by atoms with van der Waals surface area (Å²) in [6.45, 7) is 2.76. The smallest absolute Gasteiger partial charge is 0.137 e. The van der Waals surface area contributed by atoms with Crippen molar-refractivity contribution in [2.75, 3.05) is 13.7 Å². The van der Waals surface area contributed by atoms with E-state index in [1.165, 1.54) is 11.3 Å². The lowest BCUT2D eigenvalue weighted by molar-refractivity contribution is 0.415. The van der Waals surface area contributed by atoms with Gasteiger partial charge in [-0.15, -0.1) is 0 Å². The van der Waals surface area contributed by atoms with E-state index in [-0.39, 0.29) is 0 Å². The molecule has 0 spiro atoms. The van der Waals surface area contributed by atoms with Crippen molar-refractivity contribution in [3.8, 4) is 17.0 Å². The van der Waals surface area contributed by atoms with Crippen LogP contribution in [0.2, 0.25) is 0 Å². The zero-order valence-corrected chi connectivity index (χ0v) is 13.0. The molecule has 0 aliphatic heterocycles. The minimum atomic E-state index is 0.677. The van der Waals surface area contributed by atoms with Gasteiger partial charge >= 0.3 is 0 Å². The van der Waals surface area contributed by atoms with Gasteiger partial charge in [0.25, 0.3) is 0 Å². The monoisotopic (exact) mass is 295 g/mol. The fourth-order valence-electron chi connectivity index (χ4n) is 2.71. The molecule has 0 fully saturated rings. The Hall–Kier alpha value is -2.33. The Labute approximate surface area is 130 Å². The van der Waals surface area contributed by atoms with Gasteiger partial charge in [-0.05, 0) is 56.1 Å². The quantitative estimate of drug-likeness (QED) is 0.786. The first-order valence-corrected chi connectivity index (χ1v) is 7.55. The van der Waals surface area contributed by atoms with E-state index < -0.39 is 0 Å². The second-order valence-corrected chi connectivity index (χ2v) is 5.46. The van der Waals surface area contributed by atoms with Crippen molar-refractivity contribution in [1.29, 1.82) is 0 Å². The number of hydrogen-bond acceptors (Lipinski definition) is 3. The summed E-state index contributed by atoms with van der Waals surface area (Å²) in [6.07, 6.45) is 3.94. The predicted octanol–water partition coefficient (Wildman–Crippen LogP) is 3.21. The lowest BCUT2D eigenvalue weighted by Gasteiger charge is -2.06. The van der Waals surface area contributed by atoms with Crippen LogP contribution in [0.25, 0.3) is 16.9 Å². The highest BCUT2D eigenvalue weighted by molar-refractivity contribution is 5.68. The molecule has 22 heavy (non-hydrogen) atoms. The summed E-state index contributed by atoms with van der Waals surface area (Å²) < 4.78 is 7.50. The van der Waals surface area contributed by atoms with Crippen LogP contribution in [0.5, 0.6) is 5.75 Å². The molecule has 0 aliphatic rings. The summed E-state index contributed by atoms with van der Waals surface area (Å²) in [4.78, 5) is 4.84. The molecule has 0 radical (unpaired) electrons. The number of fused-ring (bicyclic) bond motifs is 1. The molecule has 3 rings (SSSR count). The van der Waals surface area contributed by atoms with Gasteiger partial charge in [0.2, 0.25) is 0 Å². The van der Waals surface area contributed by atoms with E-state index in [1.807, 2.05) is 18.2 Å². The van der Waals surface area contributed by atoms with Crippen LogP contribution in [-0.2, 0) is 6.42 Å². The number of pyridine rings is 1. The van der Waals surface area contributed by atoms with Gasteiger partial charge < -0.3 is 14.9 Å². The highest BCUT2D eigenvalue weighted by Gasteiger charge is 2.14. The molecule has 0 saturated heterocycles. The zero-order valence-electron chi connectivity index (χ0n) is 13.0. The summed E-state index contributed by atoms with van der Waals surface area (Å²) in [7, 11) is 1.68. The maximum absolute atomic E-state index is 5.70. The summed E-state index contributed by atoms with van der Waals surface area (Å²) in [5.74, 6) is 0.843. The number of hydrogen-bond donors (Lipinski definition) is 1. The highest BCUT2D eigenvalue weighted by atomic mass is 16.5. The van der Waals surface area contributed by atoms with Crippen molar-refractivity contribution in [2.45, 2.75) is 19.8 Å². The molecule has 2 N–H and O–H groups in total. The first-order chi connectivity index (χ1) is 10.7. The molecule has 114 valence electrons. The lowest BCUT2D eigenvalue weighted by atomic mass is 10.1. The van der Waals surface area contributed by atoms with Crippen LogP contribution in [-0.4, -0.2) is 23.0 Å². The minimum Gasteiger partial charge on any atom is -0.497 e. The van der Waals surface area contributed by atoms with Crippen LogP contribution in [0.3, 0.4) is 0 Å². The molecule has 0 amide bonds. The molecular weight excluding hydrogens is 274 g/mol. The van der Waals surface area contributed by atoms with Crippen LogP contribution in [0.1, 0.15) is 17.7 Å². The van der Waals surface area contributed by atoms with Crippen molar-refractivity contribution >= 4 is 5.65 Å². The number of imidazole rings is 1. The van der Waals surface area contributed by atoms with Crippen LogP contribution in [0, 0.1) is 6.92 Å². The van der Waals surface area contributed by atoms with Gasteiger partial charge in [-0.25, -0.2) is 4.98 Å². The third-order valence-corrected chi connectivity index (χ3v) is 3.84. The fourth-order valence-corrected chi connectivity index (χ4v) is 2.71. The van der Waals surface area contributed by atoms with Crippen molar-refractivity contribution < 1.29 is 4.74 Å². The van der Waals surface area contributed by atoms with Crippen LogP contribution >= 0.6 is 0 Å². The molecule has 2 aromatic heterocycles. The van der Waals surface area contributed by atoms with Gasteiger partial charge in [0, 0.05) is 11.8 Å². The van der Waals surface area contributed by atoms with E-state index >= 15 is 0 Å². The van der Waals surface area contributed by atoms with Crippen molar-refractivity contribution in [1.82, 2.24) is 9.38 Å². The average molecular weight is 295 g/mol. The molecule has 0 atom stereocenters. The standard InChI is InChI=1S/C18H21N3O/c1-13-8-10-21-16(7-4-9-19)18(20-17(21)11-13)14-5-3-6-15(12-14)22-2/h3,5-6,8,10-12H,4,7,9,19H2,1-2H3. The second kappa shape index (κ2) is 6.20. The Balaban J connectivity index is 2.17.